The average Bonchev–Trinajstić information content (AvgIpc) is 3.04. The number of hydrogen-bond donors (Lipinski definition) is 2. The zero-order valence-corrected chi connectivity index (χ0v) is 12.0. The molecule has 2 aromatic rings. The van der Waals surface area contributed by atoms with Crippen molar-refractivity contribution >= 4 is 5.91 Å². The number of amides is 1. The summed E-state index contributed by atoms with van der Waals surface area (Å²) in [5.41, 5.74) is 2.37. The van der Waals surface area contributed by atoms with Crippen molar-refractivity contribution in [3.05, 3.63) is 71.8 Å². The third-order valence-corrected chi connectivity index (χ3v) is 4.09. The molecule has 0 aromatic heterocycles. The Labute approximate surface area is 125 Å². The zero-order valence-electron chi connectivity index (χ0n) is 12.0. The highest BCUT2D eigenvalue weighted by Crippen LogP contribution is 2.28. The van der Waals surface area contributed by atoms with E-state index in [0.717, 1.165) is 18.7 Å². The van der Waals surface area contributed by atoms with E-state index in [-0.39, 0.29) is 17.7 Å². The molecule has 1 saturated heterocycles. The molecule has 0 aliphatic carbocycles. The van der Waals surface area contributed by atoms with Gasteiger partial charge in [-0.25, -0.2) is 0 Å². The molecule has 1 amide bonds. The van der Waals surface area contributed by atoms with Crippen molar-refractivity contribution in [2.45, 2.75) is 12.5 Å². The van der Waals surface area contributed by atoms with Gasteiger partial charge in [0.25, 0.3) is 0 Å². The van der Waals surface area contributed by atoms with E-state index in [1.54, 1.807) is 0 Å². The van der Waals surface area contributed by atoms with E-state index in [2.05, 4.69) is 22.8 Å². The van der Waals surface area contributed by atoms with Gasteiger partial charge in [-0.05, 0) is 11.1 Å². The third-order valence-electron chi connectivity index (χ3n) is 4.09. The Balaban J connectivity index is 1.64. The molecule has 0 bridgehead atoms. The second-order valence-corrected chi connectivity index (χ2v) is 5.49. The first-order chi connectivity index (χ1) is 10.3. The van der Waals surface area contributed by atoms with E-state index in [4.69, 9.17) is 0 Å². The van der Waals surface area contributed by atoms with Gasteiger partial charge < -0.3 is 10.6 Å². The molecule has 0 radical (unpaired) electrons. The maximum atomic E-state index is 12.5. The molecule has 3 nitrogen and oxygen atoms in total. The first-order valence-electron chi connectivity index (χ1n) is 7.42. The Morgan fingerprint density at radius 3 is 2.38 bits per heavy atom. The summed E-state index contributed by atoms with van der Waals surface area (Å²) in [6.07, 6.45) is 0. The van der Waals surface area contributed by atoms with Crippen molar-refractivity contribution in [1.29, 1.82) is 0 Å². The summed E-state index contributed by atoms with van der Waals surface area (Å²) < 4.78 is 0. The summed E-state index contributed by atoms with van der Waals surface area (Å²) in [5, 5.41) is 6.40. The van der Waals surface area contributed by atoms with Gasteiger partial charge in [0.05, 0.1) is 5.92 Å². The smallest absolute Gasteiger partial charge is 0.225 e. The summed E-state index contributed by atoms with van der Waals surface area (Å²) in [6, 6.07) is 20.3. The van der Waals surface area contributed by atoms with Crippen LogP contribution in [-0.2, 0) is 11.3 Å². The first kappa shape index (κ1) is 13.8. The molecule has 2 unspecified atom stereocenters. The molecule has 2 atom stereocenters. The average molecular weight is 280 g/mol. The molecule has 3 heteroatoms. The van der Waals surface area contributed by atoms with Gasteiger partial charge in [0.2, 0.25) is 5.91 Å². The lowest BCUT2D eigenvalue weighted by Crippen LogP contribution is -2.33. The minimum atomic E-state index is 0.0103. The van der Waals surface area contributed by atoms with Crippen LogP contribution in [-0.4, -0.2) is 19.0 Å². The topological polar surface area (TPSA) is 41.1 Å². The van der Waals surface area contributed by atoms with Crippen LogP contribution in [0.15, 0.2) is 60.7 Å². The van der Waals surface area contributed by atoms with Gasteiger partial charge >= 0.3 is 0 Å². The number of hydrogen-bond acceptors (Lipinski definition) is 2. The predicted octanol–water partition coefficient (Wildman–Crippen LogP) is 2.31. The van der Waals surface area contributed by atoms with Crippen LogP contribution in [0.25, 0.3) is 0 Å². The van der Waals surface area contributed by atoms with E-state index in [1.807, 2.05) is 48.5 Å². The summed E-state index contributed by atoms with van der Waals surface area (Å²) in [6.45, 7) is 2.21. The lowest BCUT2D eigenvalue weighted by Gasteiger charge is -2.18. The fourth-order valence-electron chi connectivity index (χ4n) is 2.92. The maximum Gasteiger partial charge on any atom is 0.225 e. The summed E-state index contributed by atoms with van der Waals surface area (Å²) in [7, 11) is 0. The Bertz CT molecular complexity index is 583. The molecule has 1 heterocycles. The van der Waals surface area contributed by atoms with Gasteiger partial charge in [0.15, 0.2) is 0 Å². The maximum absolute atomic E-state index is 12.5. The van der Waals surface area contributed by atoms with Crippen LogP contribution in [0.5, 0.6) is 0 Å². The van der Waals surface area contributed by atoms with E-state index in [9.17, 15) is 4.79 Å². The fraction of sp³-hybridized carbons (Fsp3) is 0.278. The van der Waals surface area contributed by atoms with Crippen molar-refractivity contribution in [3.8, 4) is 0 Å². The van der Waals surface area contributed by atoms with Crippen LogP contribution in [0, 0.1) is 5.92 Å². The molecule has 21 heavy (non-hydrogen) atoms. The van der Waals surface area contributed by atoms with Crippen LogP contribution in [0.2, 0.25) is 0 Å². The molecule has 2 N–H and O–H groups in total. The number of benzene rings is 2. The summed E-state index contributed by atoms with van der Waals surface area (Å²) >= 11 is 0. The van der Waals surface area contributed by atoms with Crippen molar-refractivity contribution in [1.82, 2.24) is 10.6 Å². The Morgan fingerprint density at radius 2 is 1.67 bits per heavy atom. The van der Waals surface area contributed by atoms with E-state index in [1.165, 1.54) is 5.56 Å². The fourth-order valence-corrected chi connectivity index (χ4v) is 2.92. The highest BCUT2D eigenvalue weighted by atomic mass is 16.1. The number of carbonyl (C=O) groups is 1. The van der Waals surface area contributed by atoms with Crippen LogP contribution in [0.1, 0.15) is 17.0 Å². The normalized spacial score (nSPS) is 21.1. The van der Waals surface area contributed by atoms with Crippen molar-refractivity contribution in [2.75, 3.05) is 13.1 Å². The molecule has 0 saturated carbocycles. The zero-order chi connectivity index (χ0) is 14.5. The van der Waals surface area contributed by atoms with E-state index < -0.39 is 0 Å². The standard InChI is InChI=1S/C18H20N2O/c21-18(20-11-14-7-3-1-4-8-14)17-13-19-12-16(17)15-9-5-2-6-10-15/h1-10,16-17,19H,11-13H2,(H,20,21). The highest BCUT2D eigenvalue weighted by Gasteiger charge is 2.33. The largest absolute Gasteiger partial charge is 0.352 e. The van der Waals surface area contributed by atoms with Crippen molar-refractivity contribution < 1.29 is 4.79 Å². The van der Waals surface area contributed by atoms with Crippen LogP contribution in [0.3, 0.4) is 0 Å². The number of rotatable bonds is 4. The number of nitrogens with one attached hydrogen (secondary N) is 2. The minimum Gasteiger partial charge on any atom is -0.352 e. The van der Waals surface area contributed by atoms with Gasteiger partial charge in [0, 0.05) is 25.6 Å². The quantitative estimate of drug-likeness (QED) is 0.902. The Kier molecular flexibility index (Phi) is 4.31. The summed E-state index contributed by atoms with van der Waals surface area (Å²) in [5.74, 6) is 0.413. The Hall–Kier alpha value is -2.13. The minimum absolute atomic E-state index is 0.0103. The molecule has 1 aliphatic rings. The number of carbonyl (C=O) groups excluding carboxylic acids is 1. The van der Waals surface area contributed by atoms with Crippen LogP contribution < -0.4 is 10.6 Å². The van der Waals surface area contributed by atoms with Gasteiger partial charge in [-0.1, -0.05) is 60.7 Å². The van der Waals surface area contributed by atoms with E-state index >= 15 is 0 Å². The van der Waals surface area contributed by atoms with Gasteiger partial charge in [-0.2, -0.15) is 0 Å². The second kappa shape index (κ2) is 6.55. The third kappa shape index (κ3) is 3.31. The van der Waals surface area contributed by atoms with Crippen LogP contribution in [0.4, 0.5) is 0 Å². The van der Waals surface area contributed by atoms with Crippen LogP contribution >= 0.6 is 0 Å². The summed E-state index contributed by atoms with van der Waals surface area (Å²) in [4.78, 5) is 12.5. The van der Waals surface area contributed by atoms with Gasteiger partial charge in [-0.3, -0.25) is 4.79 Å². The molecule has 1 fully saturated rings. The molecule has 3 rings (SSSR count). The SMILES string of the molecule is O=C(NCc1ccccc1)C1CNCC1c1ccccc1. The molecule has 1 aliphatic heterocycles. The molecular formula is C18H20N2O. The van der Waals surface area contributed by atoms with Gasteiger partial charge in [-0.15, -0.1) is 0 Å². The lowest BCUT2D eigenvalue weighted by atomic mass is 9.88. The van der Waals surface area contributed by atoms with Crippen molar-refractivity contribution in [2.24, 2.45) is 5.92 Å². The molecule has 2 aromatic carbocycles. The molecule has 0 spiro atoms. The highest BCUT2D eigenvalue weighted by molar-refractivity contribution is 5.80. The predicted molar refractivity (Wildman–Crippen MR) is 83.8 cm³/mol. The Morgan fingerprint density at radius 1 is 1.00 bits per heavy atom. The lowest BCUT2D eigenvalue weighted by molar-refractivity contribution is -0.125. The van der Waals surface area contributed by atoms with Crippen molar-refractivity contribution in [3.63, 3.8) is 0 Å². The molecular weight excluding hydrogens is 260 g/mol. The van der Waals surface area contributed by atoms with Gasteiger partial charge in [0.1, 0.15) is 0 Å². The van der Waals surface area contributed by atoms with E-state index in [0.29, 0.717) is 6.54 Å². The monoisotopic (exact) mass is 280 g/mol. The second-order valence-electron chi connectivity index (χ2n) is 5.49. The molecule has 108 valence electrons. The first-order valence-corrected chi connectivity index (χ1v) is 7.42.